The number of rotatable bonds is 6. The summed E-state index contributed by atoms with van der Waals surface area (Å²) in [6.07, 6.45) is 5.64. The van der Waals surface area contributed by atoms with Gasteiger partial charge in [0, 0.05) is 32.1 Å². The summed E-state index contributed by atoms with van der Waals surface area (Å²) < 4.78 is 5.41. The third-order valence-corrected chi connectivity index (χ3v) is 5.25. The van der Waals surface area contributed by atoms with E-state index < -0.39 is 0 Å². The predicted molar refractivity (Wildman–Crippen MR) is 91.7 cm³/mol. The van der Waals surface area contributed by atoms with Crippen LogP contribution in [-0.4, -0.2) is 55.5 Å². The van der Waals surface area contributed by atoms with E-state index in [-0.39, 0.29) is 0 Å². The minimum Gasteiger partial charge on any atom is -0.496 e. The molecule has 0 atom stereocenters. The highest BCUT2D eigenvalue weighted by Gasteiger charge is 2.30. The van der Waals surface area contributed by atoms with Gasteiger partial charge in [0.1, 0.15) is 5.75 Å². The van der Waals surface area contributed by atoms with Crippen molar-refractivity contribution >= 4 is 5.91 Å². The van der Waals surface area contributed by atoms with Crippen LogP contribution in [0.4, 0.5) is 0 Å². The fraction of sp³-hybridized carbons (Fsp3) is 0.632. The Kier molecular flexibility index (Phi) is 5.55. The molecule has 23 heavy (non-hydrogen) atoms. The largest absolute Gasteiger partial charge is 0.496 e. The van der Waals surface area contributed by atoms with Crippen LogP contribution in [0.5, 0.6) is 5.75 Å². The number of aryl methyl sites for hydroxylation is 1. The molecule has 0 N–H and O–H groups in total. The van der Waals surface area contributed by atoms with Crippen LogP contribution in [0, 0.1) is 5.92 Å². The molecule has 0 radical (unpaired) electrons. The minimum absolute atomic E-state index is 0.340. The maximum Gasteiger partial charge on any atom is 0.225 e. The molecule has 0 spiro atoms. The van der Waals surface area contributed by atoms with E-state index in [0.717, 1.165) is 64.2 Å². The van der Waals surface area contributed by atoms with Crippen molar-refractivity contribution in [1.29, 1.82) is 0 Å². The minimum atomic E-state index is 0.340. The van der Waals surface area contributed by atoms with Gasteiger partial charge in [0.2, 0.25) is 5.91 Å². The maximum atomic E-state index is 12.3. The number of nitrogens with zero attached hydrogens (tertiary/aromatic N) is 2. The Labute approximate surface area is 139 Å². The van der Waals surface area contributed by atoms with Gasteiger partial charge < -0.3 is 9.64 Å². The second-order valence-corrected chi connectivity index (χ2v) is 6.71. The first-order valence-corrected chi connectivity index (χ1v) is 8.91. The van der Waals surface area contributed by atoms with Gasteiger partial charge >= 0.3 is 0 Å². The molecule has 1 saturated carbocycles. The Balaban J connectivity index is 1.38. The topological polar surface area (TPSA) is 32.8 Å². The van der Waals surface area contributed by atoms with E-state index in [1.165, 1.54) is 12.0 Å². The van der Waals surface area contributed by atoms with Crippen LogP contribution in [0.2, 0.25) is 0 Å². The summed E-state index contributed by atoms with van der Waals surface area (Å²) in [4.78, 5) is 16.8. The van der Waals surface area contributed by atoms with Crippen LogP contribution < -0.4 is 4.74 Å². The van der Waals surface area contributed by atoms with Crippen LogP contribution in [0.15, 0.2) is 24.3 Å². The predicted octanol–water partition coefficient (Wildman–Crippen LogP) is 2.57. The lowest BCUT2D eigenvalue weighted by molar-refractivity contribution is -0.139. The molecule has 2 fully saturated rings. The number of ether oxygens (including phenoxy) is 1. The maximum absolute atomic E-state index is 12.3. The number of benzene rings is 1. The zero-order valence-electron chi connectivity index (χ0n) is 14.2. The van der Waals surface area contributed by atoms with E-state index in [1.807, 2.05) is 12.1 Å². The fourth-order valence-electron chi connectivity index (χ4n) is 3.51. The summed E-state index contributed by atoms with van der Waals surface area (Å²) in [6.45, 7) is 4.95. The average molecular weight is 316 g/mol. The number of methoxy groups -OCH3 is 1. The van der Waals surface area contributed by atoms with E-state index in [9.17, 15) is 4.79 Å². The number of hydrogen-bond acceptors (Lipinski definition) is 3. The van der Waals surface area contributed by atoms with Crippen LogP contribution in [0.1, 0.15) is 31.2 Å². The van der Waals surface area contributed by atoms with Crippen molar-refractivity contribution in [2.24, 2.45) is 5.92 Å². The molecule has 2 aliphatic rings. The molecular weight excluding hydrogens is 288 g/mol. The first-order chi connectivity index (χ1) is 11.3. The van der Waals surface area contributed by atoms with E-state index in [0.29, 0.717) is 11.8 Å². The molecule has 126 valence electrons. The Bertz CT molecular complexity index is 520. The lowest BCUT2D eigenvalue weighted by Crippen LogP contribution is -2.51. The standard InChI is InChI=1S/C19H28N2O2/c1-23-18-10-3-2-6-16(18)9-5-11-20-12-14-21(15-13-20)19(22)17-7-4-8-17/h2-3,6,10,17H,4-5,7-9,11-15H2,1H3. The summed E-state index contributed by atoms with van der Waals surface area (Å²) >= 11 is 0. The molecule has 1 aromatic rings. The number of piperazine rings is 1. The zero-order chi connectivity index (χ0) is 16.1. The van der Waals surface area contributed by atoms with Gasteiger partial charge in [-0.2, -0.15) is 0 Å². The van der Waals surface area contributed by atoms with Gasteiger partial charge in [0.05, 0.1) is 7.11 Å². The molecule has 3 rings (SSSR count). The van der Waals surface area contributed by atoms with E-state index in [4.69, 9.17) is 4.74 Å². The highest BCUT2D eigenvalue weighted by molar-refractivity contribution is 5.79. The number of carbonyl (C=O) groups excluding carboxylic acids is 1. The zero-order valence-corrected chi connectivity index (χ0v) is 14.2. The van der Waals surface area contributed by atoms with Gasteiger partial charge in [0.15, 0.2) is 0 Å². The van der Waals surface area contributed by atoms with Crippen molar-refractivity contribution in [3.05, 3.63) is 29.8 Å². The third kappa shape index (κ3) is 4.05. The van der Waals surface area contributed by atoms with E-state index in [2.05, 4.69) is 21.9 Å². The summed E-state index contributed by atoms with van der Waals surface area (Å²) in [5, 5.41) is 0. The monoisotopic (exact) mass is 316 g/mol. The Morgan fingerprint density at radius 3 is 2.57 bits per heavy atom. The van der Waals surface area contributed by atoms with Crippen molar-refractivity contribution < 1.29 is 9.53 Å². The van der Waals surface area contributed by atoms with Gasteiger partial charge in [-0.25, -0.2) is 0 Å². The van der Waals surface area contributed by atoms with Crippen LogP contribution >= 0.6 is 0 Å². The van der Waals surface area contributed by atoms with Gasteiger partial charge in [-0.05, 0) is 43.9 Å². The molecule has 1 heterocycles. The highest BCUT2D eigenvalue weighted by atomic mass is 16.5. The molecule has 1 aliphatic carbocycles. The number of para-hydroxylation sites is 1. The molecular formula is C19H28N2O2. The highest BCUT2D eigenvalue weighted by Crippen LogP contribution is 2.28. The molecule has 1 aromatic carbocycles. The average Bonchev–Trinajstić information content (AvgIpc) is 2.54. The van der Waals surface area contributed by atoms with Crippen molar-refractivity contribution in [3.63, 3.8) is 0 Å². The number of hydrogen-bond donors (Lipinski definition) is 0. The second kappa shape index (κ2) is 7.82. The lowest BCUT2D eigenvalue weighted by Gasteiger charge is -2.38. The summed E-state index contributed by atoms with van der Waals surface area (Å²) in [5.41, 5.74) is 1.29. The van der Waals surface area contributed by atoms with Gasteiger partial charge in [-0.1, -0.05) is 24.6 Å². The summed E-state index contributed by atoms with van der Waals surface area (Å²) in [6, 6.07) is 8.26. The van der Waals surface area contributed by atoms with Crippen molar-refractivity contribution in [1.82, 2.24) is 9.80 Å². The summed E-state index contributed by atoms with van der Waals surface area (Å²) in [7, 11) is 1.73. The van der Waals surface area contributed by atoms with E-state index >= 15 is 0 Å². The van der Waals surface area contributed by atoms with Crippen molar-refractivity contribution in [3.8, 4) is 5.75 Å². The normalized spacial score (nSPS) is 19.4. The van der Waals surface area contributed by atoms with Gasteiger partial charge in [-0.3, -0.25) is 9.69 Å². The molecule has 1 aliphatic heterocycles. The van der Waals surface area contributed by atoms with Crippen molar-refractivity contribution in [2.75, 3.05) is 39.8 Å². The molecule has 4 heteroatoms. The number of amides is 1. The molecule has 1 amide bonds. The molecule has 1 saturated heterocycles. The quantitative estimate of drug-likeness (QED) is 0.809. The fourth-order valence-corrected chi connectivity index (χ4v) is 3.51. The molecule has 0 aromatic heterocycles. The van der Waals surface area contributed by atoms with Gasteiger partial charge in [-0.15, -0.1) is 0 Å². The van der Waals surface area contributed by atoms with Crippen molar-refractivity contribution in [2.45, 2.75) is 32.1 Å². The Hall–Kier alpha value is -1.55. The van der Waals surface area contributed by atoms with Crippen LogP contribution in [0.3, 0.4) is 0 Å². The van der Waals surface area contributed by atoms with Crippen LogP contribution in [0.25, 0.3) is 0 Å². The SMILES string of the molecule is COc1ccccc1CCCN1CCN(C(=O)C2CCC2)CC1. The first-order valence-electron chi connectivity index (χ1n) is 8.91. The molecule has 4 nitrogen and oxygen atoms in total. The molecule has 0 unspecified atom stereocenters. The number of carbonyl (C=O) groups is 1. The Morgan fingerprint density at radius 1 is 1.17 bits per heavy atom. The summed E-state index contributed by atoms with van der Waals surface area (Å²) in [5.74, 6) is 1.74. The molecule has 0 bridgehead atoms. The van der Waals surface area contributed by atoms with Gasteiger partial charge in [0.25, 0.3) is 0 Å². The smallest absolute Gasteiger partial charge is 0.225 e. The third-order valence-electron chi connectivity index (χ3n) is 5.25. The van der Waals surface area contributed by atoms with E-state index in [1.54, 1.807) is 7.11 Å². The van der Waals surface area contributed by atoms with Crippen LogP contribution in [-0.2, 0) is 11.2 Å². The lowest BCUT2D eigenvalue weighted by atomic mass is 9.84. The second-order valence-electron chi connectivity index (χ2n) is 6.71. The Morgan fingerprint density at radius 2 is 1.91 bits per heavy atom. The first kappa shape index (κ1) is 16.3.